The molecule has 14 heavy (non-hydrogen) atoms. The number of carbonyl (C=O) groups is 2. The first-order chi connectivity index (χ1) is 6.09. The second kappa shape index (κ2) is 5.50. The van der Waals surface area contributed by atoms with Crippen molar-refractivity contribution in [3.8, 4) is 0 Å². The SMILES string of the molecule is CC(=O)CC(=O)c1cc[n+](C)cc1.[Cl-]. The lowest BCUT2D eigenvalue weighted by Crippen LogP contribution is -3.00. The maximum absolute atomic E-state index is 11.3. The summed E-state index contributed by atoms with van der Waals surface area (Å²) in [4.78, 5) is 22.0. The Bertz CT molecular complexity index is 332. The number of carbonyl (C=O) groups excluding carboxylic acids is 2. The Morgan fingerprint density at radius 3 is 2.21 bits per heavy atom. The Labute approximate surface area is 89.2 Å². The summed E-state index contributed by atoms with van der Waals surface area (Å²) in [6.45, 7) is 1.42. The van der Waals surface area contributed by atoms with E-state index in [9.17, 15) is 9.59 Å². The summed E-state index contributed by atoms with van der Waals surface area (Å²) in [5.74, 6) is -0.216. The highest BCUT2D eigenvalue weighted by Gasteiger charge is 2.08. The van der Waals surface area contributed by atoms with Gasteiger partial charge in [0.1, 0.15) is 12.8 Å². The Balaban J connectivity index is 0.00000169. The zero-order valence-corrected chi connectivity index (χ0v) is 8.91. The molecule has 4 heteroatoms. The van der Waals surface area contributed by atoms with Crippen LogP contribution in [0.4, 0.5) is 0 Å². The lowest BCUT2D eigenvalue weighted by Gasteiger charge is -1.95. The fourth-order valence-electron chi connectivity index (χ4n) is 1.02. The molecule has 1 aromatic heterocycles. The molecule has 0 spiro atoms. The predicted molar refractivity (Wildman–Crippen MR) is 47.2 cm³/mol. The fraction of sp³-hybridized carbons (Fsp3) is 0.300. The van der Waals surface area contributed by atoms with E-state index < -0.39 is 0 Å². The molecule has 1 heterocycles. The van der Waals surface area contributed by atoms with Gasteiger partial charge in [0.2, 0.25) is 0 Å². The Kier molecular flexibility index (Phi) is 5.02. The number of pyridine rings is 1. The molecule has 0 radical (unpaired) electrons. The van der Waals surface area contributed by atoms with Crippen molar-refractivity contribution >= 4 is 11.6 Å². The van der Waals surface area contributed by atoms with Crippen LogP contribution in [-0.4, -0.2) is 11.6 Å². The normalized spacial score (nSPS) is 9.00. The minimum absolute atomic E-state index is 0. The highest BCUT2D eigenvalue weighted by atomic mass is 35.5. The van der Waals surface area contributed by atoms with Gasteiger partial charge in [-0.2, -0.15) is 0 Å². The van der Waals surface area contributed by atoms with E-state index >= 15 is 0 Å². The molecule has 0 fully saturated rings. The highest BCUT2D eigenvalue weighted by molar-refractivity contribution is 6.07. The number of aromatic nitrogens is 1. The van der Waals surface area contributed by atoms with Crippen LogP contribution in [0.5, 0.6) is 0 Å². The zero-order chi connectivity index (χ0) is 9.84. The lowest BCUT2D eigenvalue weighted by atomic mass is 10.1. The summed E-state index contributed by atoms with van der Waals surface area (Å²) in [6, 6.07) is 3.43. The van der Waals surface area contributed by atoms with Crippen molar-refractivity contribution in [3.63, 3.8) is 0 Å². The average Bonchev–Trinajstić information content (AvgIpc) is 2.04. The zero-order valence-electron chi connectivity index (χ0n) is 8.16. The molecule has 0 saturated heterocycles. The van der Waals surface area contributed by atoms with Crippen molar-refractivity contribution in [2.75, 3.05) is 0 Å². The molecule has 0 bridgehead atoms. The summed E-state index contributed by atoms with van der Waals surface area (Å²) < 4.78 is 1.84. The quantitative estimate of drug-likeness (QED) is 0.321. The van der Waals surface area contributed by atoms with Gasteiger partial charge in [0, 0.05) is 17.7 Å². The minimum atomic E-state index is -0.117. The maximum atomic E-state index is 11.3. The first kappa shape index (κ1) is 12.8. The second-order valence-corrected chi connectivity index (χ2v) is 3.05. The van der Waals surface area contributed by atoms with E-state index in [1.807, 2.05) is 11.6 Å². The van der Waals surface area contributed by atoms with Crippen molar-refractivity contribution in [2.45, 2.75) is 13.3 Å². The number of aryl methyl sites for hydroxylation is 1. The van der Waals surface area contributed by atoms with Gasteiger partial charge in [-0.1, -0.05) is 0 Å². The lowest BCUT2D eigenvalue weighted by molar-refractivity contribution is -0.671. The topological polar surface area (TPSA) is 38.0 Å². The van der Waals surface area contributed by atoms with E-state index in [0.717, 1.165) is 0 Å². The summed E-state index contributed by atoms with van der Waals surface area (Å²) in [5, 5.41) is 0. The fourth-order valence-corrected chi connectivity index (χ4v) is 1.02. The minimum Gasteiger partial charge on any atom is -1.00 e. The summed E-state index contributed by atoms with van der Waals surface area (Å²) in [5.41, 5.74) is 0.591. The largest absolute Gasteiger partial charge is 1.00 e. The molecule has 0 aliphatic heterocycles. The monoisotopic (exact) mass is 213 g/mol. The maximum Gasteiger partial charge on any atom is 0.170 e. The van der Waals surface area contributed by atoms with E-state index in [4.69, 9.17) is 0 Å². The standard InChI is InChI=1S/C10H12NO2.ClH/c1-8(12)7-10(13)9-3-5-11(2)6-4-9;/h3-6H,7H2,1-2H3;1H/q+1;/p-1. The summed E-state index contributed by atoms with van der Waals surface area (Å²) in [7, 11) is 1.87. The molecular formula is C10H12ClNO2. The average molecular weight is 214 g/mol. The third kappa shape index (κ3) is 3.66. The van der Waals surface area contributed by atoms with Gasteiger partial charge in [-0.25, -0.2) is 4.57 Å². The van der Waals surface area contributed by atoms with Crippen molar-refractivity contribution in [1.82, 2.24) is 0 Å². The van der Waals surface area contributed by atoms with Gasteiger partial charge >= 0.3 is 0 Å². The predicted octanol–water partition coefficient (Wildman–Crippen LogP) is -2.32. The Morgan fingerprint density at radius 1 is 1.29 bits per heavy atom. The Morgan fingerprint density at radius 2 is 1.79 bits per heavy atom. The molecule has 0 aromatic carbocycles. The van der Waals surface area contributed by atoms with E-state index in [2.05, 4.69) is 0 Å². The molecule has 0 saturated carbocycles. The van der Waals surface area contributed by atoms with Gasteiger partial charge in [-0.3, -0.25) is 9.59 Å². The molecule has 1 aromatic rings. The first-order valence-electron chi connectivity index (χ1n) is 4.07. The number of hydrogen-bond donors (Lipinski definition) is 0. The number of halogens is 1. The summed E-state index contributed by atoms with van der Waals surface area (Å²) >= 11 is 0. The van der Waals surface area contributed by atoms with Gasteiger partial charge in [0.15, 0.2) is 18.2 Å². The third-order valence-corrected chi connectivity index (χ3v) is 1.71. The number of rotatable bonds is 3. The molecule has 0 unspecified atom stereocenters. The number of ketones is 2. The highest BCUT2D eigenvalue weighted by Crippen LogP contribution is 2.00. The van der Waals surface area contributed by atoms with E-state index in [1.165, 1.54) is 6.92 Å². The van der Waals surface area contributed by atoms with Crippen LogP contribution in [0.1, 0.15) is 23.7 Å². The number of hydrogen-bond acceptors (Lipinski definition) is 2. The summed E-state index contributed by atoms with van der Waals surface area (Å²) in [6.07, 6.45) is 3.56. The van der Waals surface area contributed by atoms with E-state index in [1.54, 1.807) is 24.5 Å². The van der Waals surface area contributed by atoms with Gasteiger partial charge < -0.3 is 12.4 Å². The number of nitrogens with zero attached hydrogens (tertiary/aromatic N) is 1. The molecule has 0 atom stereocenters. The molecular weight excluding hydrogens is 202 g/mol. The van der Waals surface area contributed by atoms with Gasteiger partial charge in [0.25, 0.3) is 0 Å². The Hall–Kier alpha value is -1.22. The van der Waals surface area contributed by atoms with Crippen LogP contribution in [0, 0.1) is 0 Å². The van der Waals surface area contributed by atoms with Crippen molar-refractivity contribution < 1.29 is 26.6 Å². The van der Waals surface area contributed by atoms with Gasteiger partial charge in [0.05, 0.1) is 6.42 Å². The van der Waals surface area contributed by atoms with Crippen LogP contribution in [0.15, 0.2) is 24.5 Å². The molecule has 76 valence electrons. The van der Waals surface area contributed by atoms with E-state index in [0.29, 0.717) is 5.56 Å². The molecule has 3 nitrogen and oxygen atoms in total. The van der Waals surface area contributed by atoms with Crippen LogP contribution in [0.3, 0.4) is 0 Å². The van der Waals surface area contributed by atoms with Crippen LogP contribution in [0.25, 0.3) is 0 Å². The first-order valence-corrected chi connectivity index (χ1v) is 4.07. The van der Waals surface area contributed by atoms with Crippen LogP contribution < -0.4 is 17.0 Å². The van der Waals surface area contributed by atoms with Crippen molar-refractivity contribution in [2.24, 2.45) is 7.05 Å². The van der Waals surface area contributed by atoms with E-state index in [-0.39, 0.29) is 30.4 Å². The molecule has 0 amide bonds. The molecule has 0 N–H and O–H groups in total. The smallest absolute Gasteiger partial charge is 0.170 e. The van der Waals surface area contributed by atoms with Crippen LogP contribution in [0.2, 0.25) is 0 Å². The van der Waals surface area contributed by atoms with Gasteiger partial charge in [-0.15, -0.1) is 0 Å². The van der Waals surface area contributed by atoms with Crippen LogP contribution in [-0.2, 0) is 11.8 Å². The second-order valence-electron chi connectivity index (χ2n) is 3.05. The van der Waals surface area contributed by atoms with Crippen molar-refractivity contribution in [3.05, 3.63) is 30.1 Å². The van der Waals surface area contributed by atoms with Crippen LogP contribution >= 0.6 is 0 Å². The van der Waals surface area contributed by atoms with Gasteiger partial charge in [-0.05, 0) is 6.92 Å². The molecule has 1 rings (SSSR count). The molecule has 0 aliphatic carbocycles. The molecule has 0 aliphatic rings. The number of Topliss-reactive ketones (excluding diaryl/α,β-unsaturated/α-hetero) is 2. The van der Waals surface area contributed by atoms with Crippen molar-refractivity contribution in [1.29, 1.82) is 0 Å². The third-order valence-electron chi connectivity index (χ3n) is 1.71.